The van der Waals surface area contributed by atoms with E-state index >= 15 is 0 Å². The molecule has 0 saturated carbocycles. The van der Waals surface area contributed by atoms with Crippen molar-refractivity contribution in [1.29, 1.82) is 0 Å². The Bertz CT molecular complexity index is 181. The molecule has 2 unspecified atom stereocenters. The first-order chi connectivity index (χ1) is 6.00. The van der Waals surface area contributed by atoms with Gasteiger partial charge >= 0.3 is 0 Å². The Hall–Kier alpha value is -0.410. The molecule has 3 heteroatoms. The van der Waals surface area contributed by atoms with Crippen molar-refractivity contribution in [2.45, 2.75) is 32.9 Å². The van der Waals surface area contributed by atoms with Crippen LogP contribution in [-0.4, -0.2) is 54.3 Å². The van der Waals surface area contributed by atoms with Gasteiger partial charge in [-0.25, -0.2) is 0 Å². The first-order valence-corrected chi connectivity index (χ1v) is 4.94. The van der Waals surface area contributed by atoms with Crippen molar-refractivity contribution < 1.29 is 4.79 Å². The summed E-state index contributed by atoms with van der Waals surface area (Å²) in [5.41, 5.74) is 0. The van der Waals surface area contributed by atoms with Crippen LogP contribution >= 0.6 is 0 Å². The summed E-state index contributed by atoms with van der Waals surface area (Å²) in [5.74, 6) is 0.267. The molecule has 1 saturated heterocycles. The molecule has 0 N–H and O–H groups in total. The molecular formula is C10H20N2O. The van der Waals surface area contributed by atoms with Crippen molar-refractivity contribution >= 4 is 5.78 Å². The molecule has 0 aromatic rings. The summed E-state index contributed by atoms with van der Waals surface area (Å²) in [7, 11) is 2.14. The third kappa shape index (κ3) is 2.78. The highest BCUT2D eigenvalue weighted by Gasteiger charge is 2.27. The minimum atomic E-state index is 0.267. The van der Waals surface area contributed by atoms with Crippen LogP contribution in [0.5, 0.6) is 0 Å². The maximum atomic E-state index is 11.0. The average Bonchev–Trinajstić information content (AvgIpc) is 1.96. The van der Waals surface area contributed by atoms with Gasteiger partial charge in [-0.2, -0.15) is 0 Å². The molecule has 2 atom stereocenters. The molecule has 0 aliphatic carbocycles. The van der Waals surface area contributed by atoms with E-state index in [-0.39, 0.29) is 5.78 Å². The van der Waals surface area contributed by atoms with Crippen LogP contribution < -0.4 is 0 Å². The van der Waals surface area contributed by atoms with Crippen LogP contribution in [0.2, 0.25) is 0 Å². The van der Waals surface area contributed by atoms with Crippen LogP contribution in [0.3, 0.4) is 0 Å². The smallest absolute Gasteiger partial charge is 0.143 e. The lowest BCUT2D eigenvalue weighted by atomic mass is 10.1. The summed E-state index contributed by atoms with van der Waals surface area (Å²) < 4.78 is 0. The molecule has 0 aromatic carbocycles. The first-order valence-electron chi connectivity index (χ1n) is 4.94. The zero-order valence-corrected chi connectivity index (χ0v) is 9.08. The minimum Gasteiger partial charge on any atom is -0.303 e. The number of likely N-dealkylation sites (N-methyl/N-ethyl adjacent to an activating group) is 1. The summed E-state index contributed by atoms with van der Waals surface area (Å²) in [4.78, 5) is 15.6. The third-order valence-electron chi connectivity index (χ3n) is 2.69. The van der Waals surface area contributed by atoms with Crippen LogP contribution in [0, 0.1) is 0 Å². The fourth-order valence-electron chi connectivity index (χ4n) is 2.19. The number of hydrogen-bond donors (Lipinski definition) is 0. The lowest BCUT2D eigenvalue weighted by Gasteiger charge is -2.42. The largest absolute Gasteiger partial charge is 0.303 e. The van der Waals surface area contributed by atoms with E-state index in [4.69, 9.17) is 0 Å². The highest BCUT2D eigenvalue weighted by atomic mass is 16.1. The quantitative estimate of drug-likeness (QED) is 0.628. The van der Waals surface area contributed by atoms with Gasteiger partial charge < -0.3 is 4.90 Å². The minimum absolute atomic E-state index is 0.267. The number of carbonyl (C=O) groups excluding carboxylic acids is 1. The average molecular weight is 184 g/mol. The Balaban J connectivity index is 2.56. The van der Waals surface area contributed by atoms with Crippen LogP contribution in [0.15, 0.2) is 0 Å². The number of hydrogen-bond acceptors (Lipinski definition) is 3. The highest BCUT2D eigenvalue weighted by Crippen LogP contribution is 2.13. The van der Waals surface area contributed by atoms with E-state index in [1.165, 1.54) is 0 Å². The van der Waals surface area contributed by atoms with Gasteiger partial charge in [0, 0.05) is 25.2 Å². The van der Waals surface area contributed by atoms with E-state index in [2.05, 4.69) is 30.7 Å². The molecule has 0 bridgehead atoms. The molecule has 1 heterocycles. The summed E-state index contributed by atoms with van der Waals surface area (Å²) in [6, 6.07) is 0.996. The molecule has 3 nitrogen and oxygen atoms in total. The summed E-state index contributed by atoms with van der Waals surface area (Å²) in [6.45, 7) is 8.79. The normalized spacial score (nSPS) is 32.0. The van der Waals surface area contributed by atoms with Crippen molar-refractivity contribution in [3.8, 4) is 0 Å². The lowest BCUT2D eigenvalue weighted by molar-refractivity contribution is -0.120. The van der Waals surface area contributed by atoms with Crippen LogP contribution in [0.1, 0.15) is 20.8 Å². The van der Waals surface area contributed by atoms with Gasteiger partial charge in [0.2, 0.25) is 0 Å². The van der Waals surface area contributed by atoms with Crippen LogP contribution in [0.4, 0.5) is 0 Å². The summed E-state index contributed by atoms with van der Waals surface area (Å²) in [6.07, 6.45) is 0. The Kier molecular flexibility index (Phi) is 3.45. The van der Waals surface area contributed by atoms with Gasteiger partial charge in [0.15, 0.2) is 0 Å². The predicted octanol–water partition coefficient (Wildman–Crippen LogP) is 0.600. The third-order valence-corrected chi connectivity index (χ3v) is 2.69. The van der Waals surface area contributed by atoms with Gasteiger partial charge in [0.25, 0.3) is 0 Å². The maximum absolute atomic E-state index is 11.0. The maximum Gasteiger partial charge on any atom is 0.143 e. The number of carbonyl (C=O) groups is 1. The lowest BCUT2D eigenvalue weighted by Crippen LogP contribution is -2.56. The molecule has 1 fully saturated rings. The Morgan fingerprint density at radius 3 is 2.15 bits per heavy atom. The summed E-state index contributed by atoms with van der Waals surface area (Å²) in [5, 5.41) is 0. The van der Waals surface area contributed by atoms with Gasteiger partial charge in [-0.1, -0.05) is 0 Å². The number of piperazine rings is 1. The van der Waals surface area contributed by atoms with E-state index in [0.29, 0.717) is 18.6 Å². The van der Waals surface area contributed by atoms with Crippen LogP contribution in [-0.2, 0) is 4.79 Å². The molecule has 76 valence electrons. The molecule has 13 heavy (non-hydrogen) atoms. The van der Waals surface area contributed by atoms with E-state index in [0.717, 1.165) is 13.1 Å². The monoisotopic (exact) mass is 184 g/mol. The number of Topliss-reactive ketones (excluding diaryl/α,β-unsaturated/α-hetero) is 1. The molecule has 0 spiro atoms. The van der Waals surface area contributed by atoms with Gasteiger partial charge in [0.1, 0.15) is 5.78 Å². The fraction of sp³-hybridized carbons (Fsp3) is 0.900. The van der Waals surface area contributed by atoms with Crippen molar-refractivity contribution in [2.75, 3.05) is 26.7 Å². The van der Waals surface area contributed by atoms with Crippen molar-refractivity contribution in [2.24, 2.45) is 0 Å². The van der Waals surface area contributed by atoms with Crippen molar-refractivity contribution in [3.63, 3.8) is 0 Å². The van der Waals surface area contributed by atoms with Crippen molar-refractivity contribution in [1.82, 2.24) is 9.80 Å². The number of nitrogens with zero attached hydrogens (tertiary/aromatic N) is 2. The second kappa shape index (κ2) is 4.20. The zero-order valence-electron chi connectivity index (χ0n) is 9.08. The second-order valence-electron chi connectivity index (χ2n) is 4.29. The SMILES string of the molecule is CC(=O)CN1C(C)CN(C)CC1C. The van der Waals surface area contributed by atoms with Crippen LogP contribution in [0.25, 0.3) is 0 Å². The van der Waals surface area contributed by atoms with E-state index in [1.807, 2.05) is 0 Å². The molecule has 1 aliphatic rings. The number of ketones is 1. The van der Waals surface area contributed by atoms with Gasteiger partial charge in [-0.05, 0) is 27.8 Å². The molecule has 0 aromatic heterocycles. The standard InChI is InChI=1S/C10H20N2O/c1-8-5-11(4)6-9(2)12(8)7-10(3)13/h8-9H,5-7H2,1-4H3. The highest BCUT2D eigenvalue weighted by molar-refractivity contribution is 5.77. The van der Waals surface area contributed by atoms with E-state index < -0.39 is 0 Å². The molecule has 0 amide bonds. The molecule has 1 rings (SSSR count). The van der Waals surface area contributed by atoms with Gasteiger partial charge in [0.05, 0.1) is 6.54 Å². The first kappa shape index (κ1) is 10.7. The Labute approximate surface area is 80.7 Å². The van der Waals surface area contributed by atoms with Crippen molar-refractivity contribution in [3.05, 3.63) is 0 Å². The zero-order chi connectivity index (χ0) is 10.0. The predicted molar refractivity (Wildman–Crippen MR) is 53.8 cm³/mol. The topological polar surface area (TPSA) is 23.6 Å². The molecule has 0 radical (unpaired) electrons. The van der Waals surface area contributed by atoms with Gasteiger partial charge in [-0.15, -0.1) is 0 Å². The molecular weight excluding hydrogens is 164 g/mol. The fourth-order valence-corrected chi connectivity index (χ4v) is 2.19. The van der Waals surface area contributed by atoms with Gasteiger partial charge in [-0.3, -0.25) is 9.69 Å². The molecule has 1 aliphatic heterocycles. The Morgan fingerprint density at radius 2 is 1.77 bits per heavy atom. The second-order valence-corrected chi connectivity index (χ2v) is 4.29. The van der Waals surface area contributed by atoms with E-state index in [1.54, 1.807) is 6.92 Å². The number of rotatable bonds is 2. The van der Waals surface area contributed by atoms with E-state index in [9.17, 15) is 4.79 Å². The summed E-state index contributed by atoms with van der Waals surface area (Å²) >= 11 is 0. The Morgan fingerprint density at radius 1 is 1.31 bits per heavy atom.